The van der Waals surface area contributed by atoms with E-state index in [-0.39, 0.29) is 11.9 Å². The Labute approximate surface area is 152 Å². The molecule has 2 N–H and O–H groups in total. The Hall–Kier alpha value is -3.31. The highest BCUT2D eigenvalue weighted by atomic mass is 32.1. The van der Waals surface area contributed by atoms with Crippen LogP contribution < -0.4 is 21.3 Å². The number of carbonyl (C=O) groups is 1. The van der Waals surface area contributed by atoms with E-state index in [0.29, 0.717) is 26.7 Å². The van der Waals surface area contributed by atoms with Crippen molar-refractivity contribution in [2.45, 2.75) is 13.5 Å². The number of terminal acetylenes is 1. The van der Waals surface area contributed by atoms with Gasteiger partial charge in [-0.25, -0.2) is 9.36 Å². The molecule has 0 unspecified atom stereocenters. The third kappa shape index (κ3) is 2.89. The first kappa shape index (κ1) is 17.5. The zero-order valence-electron chi connectivity index (χ0n) is 14.1. The molecule has 132 valence electrons. The molecule has 3 rings (SSSR count). The van der Waals surface area contributed by atoms with Crippen LogP contribution in [0, 0.1) is 19.3 Å². The van der Waals surface area contributed by atoms with Crippen LogP contribution in [-0.4, -0.2) is 22.6 Å². The Kier molecular flexibility index (Phi) is 4.65. The van der Waals surface area contributed by atoms with Crippen molar-refractivity contribution in [3.05, 3.63) is 55.5 Å². The Morgan fingerprint density at radius 3 is 2.81 bits per heavy atom. The molecule has 0 aliphatic carbocycles. The van der Waals surface area contributed by atoms with E-state index in [1.807, 2.05) is 0 Å². The number of rotatable bonds is 4. The summed E-state index contributed by atoms with van der Waals surface area (Å²) in [6, 6.07) is 6.99. The molecule has 2 heterocycles. The van der Waals surface area contributed by atoms with Crippen LogP contribution in [0.25, 0.3) is 10.2 Å². The number of nitrogens with zero attached hydrogens (tertiary/aromatic N) is 1. The summed E-state index contributed by atoms with van der Waals surface area (Å²) in [5, 5.41) is 3.05. The molecular formula is C18H15N3O4S. The van der Waals surface area contributed by atoms with Crippen molar-refractivity contribution < 1.29 is 9.53 Å². The molecule has 0 bridgehead atoms. The fraction of sp³-hybridized carbons (Fsp3) is 0.167. The Morgan fingerprint density at radius 2 is 2.12 bits per heavy atom. The first-order valence-corrected chi connectivity index (χ1v) is 8.43. The first-order chi connectivity index (χ1) is 12.5. The number of H-pyrrole nitrogens is 1. The number of nitrogens with one attached hydrogen (secondary N) is 2. The van der Waals surface area contributed by atoms with Gasteiger partial charge in [0.15, 0.2) is 0 Å². The van der Waals surface area contributed by atoms with E-state index < -0.39 is 17.2 Å². The number of para-hydroxylation sites is 2. The molecule has 0 aliphatic heterocycles. The molecule has 0 spiro atoms. The van der Waals surface area contributed by atoms with Crippen molar-refractivity contribution in [2.24, 2.45) is 0 Å². The summed E-state index contributed by atoms with van der Waals surface area (Å²) >= 11 is 1.05. The minimum Gasteiger partial charge on any atom is -0.495 e. The van der Waals surface area contributed by atoms with Crippen LogP contribution in [0.3, 0.4) is 0 Å². The lowest BCUT2D eigenvalue weighted by molar-refractivity contribution is 0.102. The molecule has 1 amide bonds. The quantitative estimate of drug-likeness (QED) is 0.688. The van der Waals surface area contributed by atoms with Crippen LogP contribution in [0.1, 0.15) is 15.2 Å². The van der Waals surface area contributed by atoms with Crippen molar-refractivity contribution in [1.82, 2.24) is 9.55 Å². The number of aryl methyl sites for hydroxylation is 1. The minimum atomic E-state index is -0.599. The fourth-order valence-corrected chi connectivity index (χ4v) is 3.71. The van der Waals surface area contributed by atoms with Gasteiger partial charge in [-0.15, -0.1) is 17.8 Å². The summed E-state index contributed by atoms with van der Waals surface area (Å²) in [6.07, 6.45) is 5.21. The lowest BCUT2D eigenvalue weighted by Gasteiger charge is -2.09. The number of benzene rings is 1. The first-order valence-electron chi connectivity index (χ1n) is 7.62. The van der Waals surface area contributed by atoms with E-state index in [9.17, 15) is 14.4 Å². The highest BCUT2D eigenvalue weighted by Gasteiger charge is 2.21. The van der Waals surface area contributed by atoms with Crippen LogP contribution >= 0.6 is 11.3 Å². The highest BCUT2D eigenvalue weighted by Crippen LogP contribution is 2.29. The zero-order chi connectivity index (χ0) is 18.8. The topological polar surface area (TPSA) is 93.2 Å². The van der Waals surface area contributed by atoms with Gasteiger partial charge in [0.2, 0.25) is 0 Å². The molecule has 0 radical (unpaired) electrons. The molecule has 2 aromatic heterocycles. The van der Waals surface area contributed by atoms with Gasteiger partial charge < -0.3 is 10.1 Å². The lowest BCUT2D eigenvalue weighted by Crippen LogP contribution is -2.34. The molecule has 0 aliphatic rings. The smallest absolute Gasteiger partial charge is 0.330 e. The molecule has 1 aromatic carbocycles. The average Bonchev–Trinajstić information content (AvgIpc) is 2.95. The van der Waals surface area contributed by atoms with E-state index in [0.717, 1.165) is 15.9 Å². The second-order valence-electron chi connectivity index (χ2n) is 5.44. The van der Waals surface area contributed by atoms with Crippen molar-refractivity contribution in [3.8, 4) is 18.1 Å². The number of aromatic nitrogens is 2. The fourth-order valence-electron chi connectivity index (χ4n) is 2.63. The summed E-state index contributed by atoms with van der Waals surface area (Å²) in [4.78, 5) is 40.5. The van der Waals surface area contributed by atoms with Crippen LogP contribution in [0.5, 0.6) is 5.75 Å². The molecule has 7 nitrogen and oxygen atoms in total. The van der Waals surface area contributed by atoms with Gasteiger partial charge >= 0.3 is 5.69 Å². The summed E-state index contributed by atoms with van der Waals surface area (Å²) in [7, 11) is 1.51. The van der Waals surface area contributed by atoms with Gasteiger partial charge in [-0.2, -0.15) is 0 Å². The number of hydrogen-bond acceptors (Lipinski definition) is 5. The molecule has 3 aromatic rings. The number of carbonyl (C=O) groups excluding carboxylic acids is 1. The molecule has 8 heteroatoms. The average molecular weight is 369 g/mol. The van der Waals surface area contributed by atoms with E-state index >= 15 is 0 Å². The van der Waals surface area contributed by atoms with Crippen molar-refractivity contribution in [2.75, 3.05) is 12.4 Å². The number of hydrogen-bond donors (Lipinski definition) is 2. The summed E-state index contributed by atoms with van der Waals surface area (Å²) in [6.45, 7) is 1.53. The lowest BCUT2D eigenvalue weighted by atomic mass is 10.2. The third-order valence-electron chi connectivity index (χ3n) is 3.88. The maximum absolute atomic E-state index is 12.7. The molecule has 26 heavy (non-hydrogen) atoms. The van der Waals surface area contributed by atoms with Gasteiger partial charge in [0.1, 0.15) is 10.6 Å². The van der Waals surface area contributed by atoms with Crippen LogP contribution in [-0.2, 0) is 6.54 Å². The number of aromatic amines is 1. The zero-order valence-corrected chi connectivity index (χ0v) is 14.9. The largest absolute Gasteiger partial charge is 0.495 e. The monoisotopic (exact) mass is 369 g/mol. The van der Waals surface area contributed by atoms with Crippen LogP contribution in [0.15, 0.2) is 33.9 Å². The molecule has 0 fully saturated rings. The van der Waals surface area contributed by atoms with Crippen molar-refractivity contribution in [3.63, 3.8) is 0 Å². The summed E-state index contributed by atoms with van der Waals surface area (Å²) < 4.78 is 6.15. The standard InChI is InChI=1S/C18H15N3O4S/c1-4-9-21-17(23)13-10(2)14(26-16(13)20-18(21)24)15(22)19-11-7-5-6-8-12(11)25-3/h1,5-8H,9H2,2-3H3,(H,19,22)(H,20,24). The molecule has 0 atom stereocenters. The number of fused-ring (bicyclic) bond motifs is 1. The number of amides is 1. The van der Waals surface area contributed by atoms with Gasteiger partial charge in [0.25, 0.3) is 11.5 Å². The Balaban J connectivity index is 2.09. The minimum absolute atomic E-state index is 0.137. The third-order valence-corrected chi connectivity index (χ3v) is 5.09. The molecule has 0 saturated carbocycles. The Morgan fingerprint density at radius 1 is 1.38 bits per heavy atom. The number of ether oxygens (including phenoxy) is 1. The predicted octanol–water partition coefficient (Wildman–Crippen LogP) is 1.95. The van der Waals surface area contributed by atoms with E-state index in [1.54, 1.807) is 31.2 Å². The number of methoxy groups -OCH3 is 1. The normalized spacial score (nSPS) is 10.5. The Bertz CT molecular complexity index is 1160. The van der Waals surface area contributed by atoms with Gasteiger partial charge in [0, 0.05) is 0 Å². The summed E-state index contributed by atoms with van der Waals surface area (Å²) in [5.74, 6) is 2.40. The maximum atomic E-state index is 12.7. The highest BCUT2D eigenvalue weighted by molar-refractivity contribution is 7.20. The van der Waals surface area contributed by atoms with Gasteiger partial charge in [-0.3, -0.25) is 14.6 Å². The SMILES string of the molecule is C#CCn1c(=O)[nH]c2sc(C(=O)Nc3ccccc3OC)c(C)c2c1=O. The predicted molar refractivity (Wildman–Crippen MR) is 101 cm³/mol. The molecule has 0 saturated heterocycles. The number of anilines is 1. The second-order valence-corrected chi connectivity index (χ2v) is 6.46. The number of thiophene rings is 1. The van der Waals surface area contributed by atoms with Gasteiger partial charge in [-0.05, 0) is 24.6 Å². The van der Waals surface area contributed by atoms with Crippen molar-refractivity contribution in [1.29, 1.82) is 0 Å². The van der Waals surface area contributed by atoms with Gasteiger partial charge in [0.05, 0.1) is 29.6 Å². The van der Waals surface area contributed by atoms with E-state index in [4.69, 9.17) is 11.2 Å². The van der Waals surface area contributed by atoms with E-state index in [2.05, 4.69) is 16.2 Å². The van der Waals surface area contributed by atoms with Gasteiger partial charge in [-0.1, -0.05) is 18.1 Å². The van der Waals surface area contributed by atoms with Crippen LogP contribution in [0.2, 0.25) is 0 Å². The maximum Gasteiger partial charge on any atom is 0.330 e. The molecular weight excluding hydrogens is 354 g/mol. The van der Waals surface area contributed by atoms with E-state index in [1.165, 1.54) is 7.11 Å². The van der Waals surface area contributed by atoms with Crippen LogP contribution in [0.4, 0.5) is 5.69 Å². The van der Waals surface area contributed by atoms with Crippen molar-refractivity contribution >= 4 is 33.1 Å². The second kappa shape index (κ2) is 6.90. The summed E-state index contributed by atoms with van der Waals surface area (Å²) in [5.41, 5.74) is -0.107.